The van der Waals surface area contributed by atoms with Crippen molar-refractivity contribution in [1.82, 2.24) is 0 Å². The molecule has 0 spiro atoms. The summed E-state index contributed by atoms with van der Waals surface area (Å²) in [6.45, 7) is 2.00. The minimum Gasteiger partial charge on any atom is -0.550 e. The molecule has 0 aromatic rings. The Balaban J connectivity index is -0.000000170. The number of carbonyl (C=O) groups excluding carboxylic acids is 2. The second-order valence-electron chi connectivity index (χ2n) is 1.86. The number of carboxylic acid groups (broad SMARTS) is 2. The first-order valence-electron chi connectivity index (χ1n) is 3.10. The molecule has 0 radical (unpaired) electrons. The van der Waals surface area contributed by atoms with Crippen LogP contribution < -0.4 is 69.3 Å². The summed E-state index contributed by atoms with van der Waals surface area (Å²) in [5.74, 6) is -2.73. The maximum Gasteiger partial charge on any atom is 1.00 e. The summed E-state index contributed by atoms with van der Waals surface area (Å²) >= 11 is 0. The predicted octanol–water partition coefficient (Wildman–Crippen LogP) is -8.71. The topological polar surface area (TPSA) is 92.8 Å². The zero-order valence-corrected chi connectivity index (χ0v) is 11.9. The number of hydrogen-bond donors (Lipinski definition) is 0. The number of epoxide rings is 1. The van der Waals surface area contributed by atoms with Crippen molar-refractivity contribution in [3.05, 3.63) is 0 Å². The van der Waals surface area contributed by atoms with Gasteiger partial charge in [0.15, 0.2) is 0 Å². The molecule has 1 fully saturated rings. The van der Waals surface area contributed by atoms with Gasteiger partial charge >= 0.3 is 59.1 Å². The van der Waals surface area contributed by atoms with Crippen molar-refractivity contribution < 1.29 is 83.7 Å². The van der Waals surface area contributed by atoms with Crippen LogP contribution in [0, 0.1) is 0 Å². The Morgan fingerprint density at radius 3 is 1.31 bits per heavy atom. The summed E-state index contributed by atoms with van der Waals surface area (Å²) < 4.78 is 4.50. The van der Waals surface area contributed by atoms with Crippen LogP contribution in [0.3, 0.4) is 0 Å². The molecule has 1 saturated heterocycles. The Morgan fingerprint density at radius 1 is 1.00 bits per heavy atom. The molecule has 13 heavy (non-hydrogen) atoms. The SMILES string of the molecule is C1CO1.O=C([O-])CCC(=O)[O-].[Na+].[Na+]. The molecule has 0 amide bonds. The van der Waals surface area contributed by atoms with E-state index in [2.05, 4.69) is 4.74 Å². The predicted molar refractivity (Wildman–Crippen MR) is 30.1 cm³/mol. The molecule has 0 unspecified atom stereocenters. The van der Waals surface area contributed by atoms with Gasteiger partial charge in [0.25, 0.3) is 0 Å². The van der Waals surface area contributed by atoms with Crippen molar-refractivity contribution in [2.45, 2.75) is 12.8 Å². The van der Waals surface area contributed by atoms with Crippen molar-refractivity contribution in [3.63, 3.8) is 0 Å². The van der Waals surface area contributed by atoms with E-state index in [1.807, 2.05) is 0 Å². The van der Waals surface area contributed by atoms with Gasteiger partial charge in [-0.1, -0.05) is 0 Å². The Morgan fingerprint density at radius 2 is 1.23 bits per heavy atom. The van der Waals surface area contributed by atoms with E-state index in [1.54, 1.807) is 0 Å². The van der Waals surface area contributed by atoms with E-state index in [0.717, 1.165) is 13.2 Å². The van der Waals surface area contributed by atoms with Gasteiger partial charge in [0, 0.05) is 11.9 Å². The molecule has 0 aromatic carbocycles. The van der Waals surface area contributed by atoms with Crippen LogP contribution in [0.1, 0.15) is 12.8 Å². The van der Waals surface area contributed by atoms with Gasteiger partial charge < -0.3 is 24.5 Å². The van der Waals surface area contributed by atoms with Gasteiger partial charge in [-0.05, 0) is 12.8 Å². The van der Waals surface area contributed by atoms with Crippen LogP contribution in [0.15, 0.2) is 0 Å². The van der Waals surface area contributed by atoms with Gasteiger partial charge in [-0.2, -0.15) is 0 Å². The average Bonchev–Trinajstić information content (AvgIpc) is 2.67. The number of ether oxygens (including phenoxy) is 1. The first-order chi connectivity index (χ1) is 5.13. The van der Waals surface area contributed by atoms with Crippen LogP contribution in [0.5, 0.6) is 0 Å². The minimum absolute atomic E-state index is 0. The zero-order valence-electron chi connectivity index (χ0n) is 7.87. The van der Waals surface area contributed by atoms with Crippen molar-refractivity contribution >= 4 is 11.9 Å². The Kier molecular flexibility index (Phi) is 19.3. The van der Waals surface area contributed by atoms with E-state index in [1.165, 1.54) is 0 Å². The first kappa shape index (κ1) is 19.5. The normalized spacial score (nSPS) is 10.8. The van der Waals surface area contributed by atoms with Gasteiger partial charge in [0.1, 0.15) is 0 Å². The smallest absolute Gasteiger partial charge is 0.550 e. The number of carbonyl (C=O) groups is 2. The maximum absolute atomic E-state index is 9.50. The molecule has 1 rings (SSSR count). The third-order valence-electron chi connectivity index (χ3n) is 0.737. The van der Waals surface area contributed by atoms with Crippen LogP contribution >= 0.6 is 0 Å². The molecule has 0 atom stereocenters. The molecular formula is C6H8Na2O5. The Labute approximate surface area is 120 Å². The molecule has 1 heterocycles. The molecular weight excluding hydrogens is 198 g/mol. The zero-order chi connectivity index (χ0) is 8.69. The second-order valence-corrected chi connectivity index (χ2v) is 1.86. The summed E-state index contributed by atoms with van der Waals surface area (Å²) in [6.07, 6.45) is -0.940. The first-order valence-corrected chi connectivity index (χ1v) is 3.10. The van der Waals surface area contributed by atoms with E-state index >= 15 is 0 Å². The van der Waals surface area contributed by atoms with E-state index in [9.17, 15) is 19.8 Å². The van der Waals surface area contributed by atoms with Crippen molar-refractivity contribution in [3.8, 4) is 0 Å². The summed E-state index contributed by atoms with van der Waals surface area (Å²) in [7, 11) is 0. The molecule has 1 aliphatic rings. The van der Waals surface area contributed by atoms with E-state index in [0.29, 0.717) is 0 Å². The fraction of sp³-hybridized carbons (Fsp3) is 0.667. The molecule has 0 saturated carbocycles. The Hall–Kier alpha value is 0.900. The van der Waals surface area contributed by atoms with Crippen molar-refractivity contribution in [2.75, 3.05) is 13.2 Å². The number of carboxylic acids is 2. The summed E-state index contributed by atoms with van der Waals surface area (Å²) in [5, 5.41) is 19.0. The fourth-order valence-electron chi connectivity index (χ4n) is 0.204. The van der Waals surface area contributed by atoms with Gasteiger partial charge in [0.2, 0.25) is 0 Å². The fourth-order valence-corrected chi connectivity index (χ4v) is 0.204. The number of rotatable bonds is 3. The van der Waals surface area contributed by atoms with Gasteiger partial charge in [-0.3, -0.25) is 0 Å². The van der Waals surface area contributed by atoms with Crippen molar-refractivity contribution in [2.24, 2.45) is 0 Å². The molecule has 64 valence electrons. The van der Waals surface area contributed by atoms with Gasteiger partial charge in [-0.25, -0.2) is 0 Å². The molecule has 0 aromatic heterocycles. The van der Waals surface area contributed by atoms with Crippen molar-refractivity contribution in [1.29, 1.82) is 0 Å². The second kappa shape index (κ2) is 12.9. The molecule has 0 aliphatic carbocycles. The molecule has 0 bridgehead atoms. The average molecular weight is 206 g/mol. The van der Waals surface area contributed by atoms with E-state index in [-0.39, 0.29) is 59.1 Å². The summed E-state index contributed by atoms with van der Waals surface area (Å²) in [6, 6.07) is 0. The third-order valence-corrected chi connectivity index (χ3v) is 0.737. The van der Waals surface area contributed by atoms with Crippen LogP contribution in [-0.2, 0) is 14.3 Å². The molecule has 1 aliphatic heterocycles. The molecule has 0 N–H and O–H groups in total. The Bertz CT molecular complexity index is 131. The van der Waals surface area contributed by atoms with Gasteiger partial charge in [0.05, 0.1) is 13.2 Å². The minimum atomic E-state index is -1.37. The monoisotopic (exact) mass is 206 g/mol. The largest absolute Gasteiger partial charge is 1.00 e. The van der Waals surface area contributed by atoms with Crippen LogP contribution in [0.25, 0.3) is 0 Å². The number of hydrogen-bond acceptors (Lipinski definition) is 5. The van der Waals surface area contributed by atoms with Crippen LogP contribution in [-0.4, -0.2) is 25.2 Å². The van der Waals surface area contributed by atoms with E-state index < -0.39 is 24.8 Å². The molecule has 7 heteroatoms. The standard InChI is InChI=1S/C4H6O4.C2H4O.2Na/c5-3(6)1-2-4(7)8;1-2-3-1;;/h1-2H2,(H,5,6)(H,7,8);1-2H2;;/q;;2*+1/p-2. The molecule has 5 nitrogen and oxygen atoms in total. The quantitative estimate of drug-likeness (QED) is 0.337. The number of aliphatic carboxylic acids is 2. The van der Waals surface area contributed by atoms with E-state index in [4.69, 9.17) is 0 Å². The third kappa shape index (κ3) is 32.2. The maximum atomic E-state index is 9.50. The summed E-state index contributed by atoms with van der Waals surface area (Å²) in [4.78, 5) is 19.0. The van der Waals surface area contributed by atoms with Gasteiger partial charge in [-0.15, -0.1) is 0 Å². The van der Waals surface area contributed by atoms with Crippen LogP contribution in [0.2, 0.25) is 0 Å². The summed E-state index contributed by atoms with van der Waals surface area (Å²) in [5.41, 5.74) is 0. The van der Waals surface area contributed by atoms with Crippen LogP contribution in [0.4, 0.5) is 0 Å².